The molecule has 1 atom stereocenters. The van der Waals surface area contributed by atoms with Gasteiger partial charge in [0.05, 0.1) is 0 Å². The molecule has 0 bridgehead atoms. The van der Waals surface area contributed by atoms with Gasteiger partial charge >= 0.3 is 0 Å². The van der Waals surface area contributed by atoms with E-state index in [-0.39, 0.29) is 0 Å². The highest BCUT2D eigenvalue weighted by atomic mass is 35.5. The molecule has 0 spiro atoms. The van der Waals surface area contributed by atoms with E-state index >= 15 is 0 Å². The molecule has 2 rings (SSSR count). The molecule has 1 fully saturated rings. The van der Waals surface area contributed by atoms with Gasteiger partial charge in [-0.1, -0.05) is 25.4 Å². The number of hydrogen-bond donors (Lipinski definition) is 1. The van der Waals surface area contributed by atoms with E-state index in [1.807, 2.05) is 5.38 Å². The number of thiazole rings is 1. The Hall–Kier alpha value is -0.360. The van der Waals surface area contributed by atoms with Gasteiger partial charge in [0.1, 0.15) is 5.15 Å². The smallest absolute Gasteiger partial charge is 0.184 e. The van der Waals surface area contributed by atoms with Crippen LogP contribution in [-0.4, -0.2) is 60.6 Å². The van der Waals surface area contributed by atoms with E-state index in [1.54, 1.807) is 11.3 Å². The molecular weight excluding hydrogens is 280 g/mol. The van der Waals surface area contributed by atoms with Crippen molar-refractivity contribution in [2.75, 3.05) is 45.1 Å². The van der Waals surface area contributed by atoms with Crippen LogP contribution >= 0.6 is 22.9 Å². The lowest BCUT2D eigenvalue weighted by Gasteiger charge is -2.39. The summed E-state index contributed by atoms with van der Waals surface area (Å²) in [4.78, 5) is 9.23. The van der Waals surface area contributed by atoms with Gasteiger partial charge in [0.2, 0.25) is 0 Å². The van der Waals surface area contributed by atoms with E-state index in [9.17, 15) is 0 Å². The minimum absolute atomic E-state index is 0.552. The van der Waals surface area contributed by atoms with Gasteiger partial charge in [-0.3, -0.25) is 4.90 Å². The van der Waals surface area contributed by atoms with E-state index in [0.717, 1.165) is 37.9 Å². The van der Waals surface area contributed by atoms with Crippen LogP contribution in [0.25, 0.3) is 0 Å². The number of nitrogens with one attached hydrogen (secondary N) is 1. The van der Waals surface area contributed by atoms with Crippen molar-refractivity contribution in [3.8, 4) is 0 Å². The molecule has 0 aliphatic carbocycles. The van der Waals surface area contributed by atoms with Gasteiger partial charge in [-0.25, -0.2) is 4.98 Å². The molecule has 1 aromatic heterocycles. The summed E-state index contributed by atoms with van der Waals surface area (Å²) in [6.45, 7) is 10.1. The molecule has 1 N–H and O–H groups in total. The molecule has 6 heteroatoms. The molecule has 1 aromatic rings. The van der Waals surface area contributed by atoms with Crippen molar-refractivity contribution >= 4 is 28.1 Å². The SMILES string of the molecule is CC(C)C(CNc1nc(Cl)cs1)N1CCN(C)CC1. The Balaban J connectivity index is 1.89. The van der Waals surface area contributed by atoms with Crippen LogP contribution in [-0.2, 0) is 0 Å². The Morgan fingerprint density at radius 1 is 1.37 bits per heavy atom. The van der Waals surface area contributed by atoms with Gasteiger partial charge < -0.3 is 10.2 Å². The van der Waals surface area contributed by atoms with Crippen LogP contribution in [0.2, 0.25) is 5.15 Å². The summed E-state index contributed by atoms with van der Waals surface area (Å²) in [6, 6.07) is 0.552. The van der Waals surface area contributed by atoms with Crippen LogP contribution in [0.3, 0.4) is 0 Å². The molecule has 1 aliphatic heterocycles. The summed E-state index contributed by atoms with van der Waals surface area (Å²) >= 11 is 7.42. The number of anilines is 1. The van der Waals surface area contributed by atoms with Crippen LogP contribution in [0, 0.1) is 5.92 Å². The molecular formula is C13H23ClN4S. The maximum atomic E-state index is 5.85. The summed E-state index contributed by atoms with van der Waals surface area (Å²) in [5.74, 6) is 0.631. The van der Waals surface area contributed by atoms with Crippen LogP contribution in [0.15, 0.2) is 5.38 Å². The summed E-state index contributed by atoms with van der Waals surface area (Å²) in [7, 11) is 2.19. The number of aromatic nitrogens is 1. The first-order chi connectivity index (χ1) is 9.06. The van der Waals surface area contributed by atoms with E-state index in [1.165, 1.54) is 0 Å². The lowest BCUT2D eigenvalue weighted by atomic mass is 10.0. The highest BCUT2D eigenvalue weighted by Gasteiger charge is 2.24. The minimum Gasteiger partial charge on any atom is -0.360 e. The Kier molecular flexibility index (Phi) is 5.45. The van der Waals surface area contributed by atoms with Crippen LogP contribution in [0.5, 0.6) is 0 Å². The third kappa shape index (κ3) is 4.31. The van der Waals surface area contributed by atoms with Crippen molar-refractivity contribution in [2.45, 2.75) is 19.9 Å². The molecule has 0 radical (unpaired) electrons. The zero-order valence-corrected chi connectivity index (χ0v) is 13.5. The fraction of sp³-hybridized carbons (Fsp3) is 0.769. The zero-order valence-electron chi connectivity index (χ0n) is 11.9. The van der Waals surface area contributed by atoms with Crippen molar-refractivity contribution in [1.29, 1.82) is 0 Å². The Morgan fingerprint density at radius 3 is 2.58 bits per heavy atom. The van der Waals surface area contributed by atoms with Crippen molar-refractivity contribution in [2.24, 2.45) is 5.92 Å². The van der Waals surface area contributed by atoms with Crippen LogP contribution < -0.4 is 5.32 Å². The van der Waals surface area contributed by atoms with Gasteiger partial charge in [0.25, 0.3) is 0 Å². The molecule has 1 aliphatic rings. The summed E-state index contributed by atoms with van der Waals surface area (Å²) < 4.78 is 0. The molecule has 0 amide bonds. The van der Waals surface area contributed by atoms with Crippen LogP contribution in [0.4, 0.5) is 5.13 Å². The normalized spacial score (nSPS) is 19.8. The monoisotopic (exact) mass is 302 g/mol. The number of hydrogen-bond acceptors (Lipinski definition) is 5. The minimum atomic E-state index is 0.552. The highest BCUT2D eigenvalue weighted by Crippen LogP contribution is 2.20. The zero-order chi connectivity index (χ0) is 13.8. The quantitative estimate of drug-likeness (QED) is 0.905. The number of piperazine rings is 1. The molecule has 0 aromatic carbocycles. The van der Waals surface area contributed by atoms with E-state index in [2.05, 4.69) is 41.0 Å². The average Bonchev–Trinajstić information content (AvgIpc) is 2.77. The van der Waals surface area contributed by atoms with E-state index in [0.29, 0.717) is 17.1 Å². The molecule has 1 unspecified atom stereocenters. The molecule has 108 valence electrons. The predicted octanol–water partition coefficient (Wildman–Crippen LogP) is 2.48. The maximum Gasteiger partial charge on any atom is 0.184 e. The van der Waals surface area contributed by atoms with Gasteiger partial charge in [0.15, 0.2) is 5.13 Å². The lowest BCUT2D eigenvalue weighted by molar-refractivity contribution is 0.0944. The molecule has 2 heterocycles. The third-order valence-corrected chi connectivity index (χ3v) is 4.84. The standard InChI is InChI=1S/C13H23ClN4S/c1-10(2)11(18-6-4-17(3)5-7-18)8-15-13-16-12(14)9-19-13/h9-11H,4-8H2,1-3H3,(H,15,16). The number of nitrogens with zero attached hydrogens (tertiary/aromatic N) is 3. The second kappa shape index (κ2) is 6.88. The number of likely N-dealkylation sites (N-methyl/N-ethyl adjacent to an activating group) is 1. The molecule has 19 heavy (non-hydrogen) atoms. The fourth-order valence-electron chi connectivity index (χ4n) is 2.47. The van der Waals surface area contributed by atoms with Crippen molar-refractivity contribution in [1.82, 2.24) is 14.8 Å². The fourth-order valence-corrected chi connectivity index (χ4v) is 3.31. The molecule has 0 saturated carbocycles. The predicted molar refractivity (Wildman–Crippen MR) is 83.3 cm³/mol. The van der Waals surface area contributed by atoms with Gasteiger partial charge in [-0.05, 0) is 13.0 Å². The van der Waals surface area contributed by atoms with Gasteiger partial charge in [-0.2, -0.15) is 0 Å². The number of rotatable bonds is 5. The second-order valence-corrected chi connectivity index (χ2v) is 6.75. The molecule has 4 nitrogen and oxygen atoms in total. The first-order valence-electron chi connectivity index (χ1n) is 6.83. The van der Waals surface area contributed by atoms with E-state index in [4.69, 9.17) is 11.6 Å². The summed E-state index contributed by atoms with van der Waals surface area (Å²) in [5.41, 5.74) is 0. The average molecular weight is 303 g/mol. The first-order valence-corrected chi connectivity index (χ1v) is 8.09. The topological polar surface area (TPSA) is 31.4 Å². The maximum absolute atomic E-state index is 5.85. The number of halogens is 1. The van der Waals surface area contributed by atoms with Gasteiger partial charge in [0, 0.05) is 44.1 Å². The van der Waals surface area contributed by atoms with Crippen molar-refractivity contribution < 1.29 is 0 Å². The van der Waals surface area contributed by atoms with E-state index < -0.39 is 0 Å². The Morgan fingerprint density at radius 2 is 2.05 bits per heavy atom. The van der Waals surface area contributed by atoms with Gasteiger partial charge in [-0.15, -0.1) is 11.3 Å². The van der Waals surface area contributed by atoms with Crippen LogP contribution in [0.1, 0.15) is 13.8 Å². The molecule has 1 saturated heterocycles. The highest BCUT2D eigenvalue weighted by molar-refractivity contribution is 7.14. The Labute approximate surface area is 124 Å². The van der Waals surface area contributed by atoms with Crippen molar-refractivity contribution in [3.05, 3.63) is 10.5 Å². The lowest BCUT2D eigenvalue weighted by Crippen LogP contribution is -2.52. The summed E-state index contributed by atoms with van der Waals surface area (Å²) in [5, 5.41) is 6.79. The first kappa shape index (κ1) is 15.0. The largest absolute Gasteiger partial charge is 0.360 e. The second-order valence-electron chi connectivity index (χ2n) is 5.51. The Bertz CT molecular complexity index is 388. The third-order valence-electron chi connectivity index (χ3n) is 3.72. The summed E-state index contributed by atoms with van der Waals surface area (Å²) in [6.07, 6.45) is 0. The van der Waals surface area contributed by atoms with Crippen molar-refractivity contribution in [3.63, 3.8) is 0 Å².